The average Bonchev–Trinajstić information content (AvgIpc) is 2.38. The molecule has 0 aromatic heterocycles. The minimum absolute atomic E-state index is 0.0292. The van der Waals surface area contributed by atoms with Crippen LogP contribution >= 0.6 is 0 Å². The van der Waals surface area contributed by atoms with Crippen molar-refractivity contribution in [2.24, 2.45) is 5.73 Å². The number of amides is 1. The summed E-state index contributed by atoms with van der Waals surface area (Å²) in [6, 6.07) is 4.74. The van der Waals surface area contributed by atoms with E-state index in [1.165, 1.54) is 12.1 Å². The standard InChI is InChI=1S/C14H21FN2O2/c1-3-11(16)7-10-5-6-13(12(15)8-10)19-9-14(18)17-4-2/h5-6,8,11H,3-4,7,9,16H2,1-2H3,(H,17,18). The van der Waals surface area contributed by atoms with Gasteiger partial charge in [0.25, 0.3) is 5.91 Å². The number of nitrogens with one attached hydrogen (secondary N) is 1. The number of likely N-dealkylation sites (N-methyl/N-ethyl adjacent to an activating group) is 1. The Kier molecular flexibility index (Phi) is 6.29. The highest BCUT2D eigenvalue weighted by Gasteiger charge is 2.09. The summed E-state index contributed by atoms with van der Waals surface area (Å²) in [6.45, 7) is 4.15. The fourth-order valence-electron chi connectivity index (χ4n) is 1.63. The second-order valence-corrected chi connectivity index (χ2v) is 4.38. The van der Waals surface area contributed by atoms with Crippen molar-refractivity contribution in [2.75, 3.05) is 13.2 Å². The number of hydrogen-bond acceptors (Lipinski definition) is 3. The molecule has 4 nitrogen and oxygen atoms in total. The molecule has 0 saturated carbocycles. The number of nitrogens with two attached hydrogens (primary N) is 1. The van der Waals surface area contributed by atoms with Crippen LogP contribution in [0.4, 0.5) is 4.39 Å². The van der Waals surface area contributed by atoms with E-state index in [-0.39, 0.29) is 24.3 Å². The molecule has 0 spiro atoms. The molecule has 5 heteroatoms. The van der Waals surface area contributed by atoms with Crippen molar-refractivity contribution >= 4 is 5.91 Å². The maximum Gasteiger partial charge on any atom is 0.257 e. The lowest BCUT2D eigenvalue weighted by atomic mass is 10.0. The lowest BCUT2D eigenvalue weighted by Gasteiger charge is -2.11. The Hall–Kier alpha value is -1.62. The molecule has 19 heavy (non-hydrogen) atoms. The molecule has 0 aliphatic carbocycles. The second-order valence-electron chi connectivity index (χ2n) is 4.38. The molecule has 0 aliphatic rings. The molecule has 0 heterocycles. The van der Waals surface area contributed by atoms with Crippen LogP contribution in [0, 0.1) is 5.82 Å². The summed E-state index contributed by atoms with van der Waals surface area (Å²) < 4.78 is 18.9. The summed E-state index contributed by atoms with van der Waals surface area (Å²) in [6.07, 6.45) is 1.47. The van der Waals surface area contributed by atoms with Gasteiger partial charge in [-0.05, 0) is 37.5 Å². The summed E-state index contributed by atoms with van der Waals surface area (Å²) in [5.74, 6) is -0.649. The first-order chi connectivity index (χ1) is 9.06. The van der Waals surface area contributed by atoms with Crippen molar-refractivity contribution in [2.45, 2.75) is 32.7 Å². The van der Waals surface area contributed by atoms with Gasteiger partial charge in [-0.1, -0.05) is 13.0 Å². The molecule has 1 rings (SSSR count). The third-order valence-electron chi connectivity index (χ3n) is 2.75. The first kappa shape index (κ1) is 15.4. The summed E-state index contributed by atoms with van der Waals surface area (Å²) >= 11 is 0. The van der Waals surface area contributed by atoms with Crippen molar-refractivity contribution in [1.29, 1.82) is 0 Å². The molecule has 0 fully saturated rings. The molecule has 106 valence electrons. The van der Waals surface area contributed by atoms with Crippen LogP contribution in [0.1, 0.15) is 25.8 Å². The number of rotatable bonds is 7. The van der Waals surface area contributed by atoms with Gasteiger partial charge in [-0.3, -0.25) is 4.79 Å². The smallest absolute Gasteiger partial charge is 0.257 e. The monoisotopic (exact) mass is 268 g/mol. The minimum Gasteiger partial charge on any atom is -0.481 e. The van der Waals surface area contributed by atoms with Crippen molar-refractivity contribution in [3.8, 4) is 5.75 Å². The largest absolute Gasteiger partial charge is 0.481 e. The number of ether oxygens (including phenoxy) is 1. The molecule has 1 atom stereocenters. The Labute approximate surface area is 113 Å². The summed E-state index contributed by atoms with van der Waals surface area (Å²) in [5, 5.41) is 2.58. The Balaban J connectivity index is 2.59. The van der Waals surface area contributed by atoms with Crippen molar-refractivity contribution < 1.29 is 13.9 Å². The molecule has 3 N–H and O–H groups in total. The molecule has 0 saturated heterocycles. The zero-order chi connectivity index (χ0) is 14.3. The van der Waals surface area contributed by atoms with E-state index in [1.807, 2.05) is 13.8 Å². The molecular formula is C14H21FN2O2. The van der Waals surface area contributed by atoms with Crippen LogP contribution < -0.4 is 15.8 Å². The minimum atomic E-state index is -0.467. The summed E-state index contributed by atoms with van der Waals surface area (Å²) in [7, 11) is 0. The predicted molar refractivity (Wildman–Crippen MR) is 72.5 cm³/mol. The molecule has 1 aromatic carbocycles. The first-order valence-corrected chi connectivity index (χ1v) is 6.50. The highest BCUT2D eigenvalue weighted by Crippen LogP contribution is 2.19. The number of halogens is 1. The molecule has 1 aromatic rings. The average molecular weight is 268 g/mol. The number of hydrogen-bond donors (Lipinski definition) is 2. The van der Waals surface area contributed by atoms with Crippen LogP contribution in [0.15, 0.2) is 18.2 Å². The number of benzene rings is 1. The van der Waals surface area contributed by atoms with Gasteiger partial charge in [0, 0.05) is 12.6 Å². The predicted octanol–water partition coefficient (Wildman–Crippen LogP) is 1.62. The molecule has 0 bridgehead atoms. The summed E-state index contributed by atoms with van der Waals surface area (Å²) in [5.41, 5.74) is 6.65. The normalized spacial score (nSPS) is 12.0. The van der Waals surface area contributed by atoms with Gasteiger partial charge in [-0.15, -0.1) is 0 Å². The topological polar surface area (TPSA) is 64.3 Å². The van der Waals surface area contributed by atoms with E-state index >= 15 is 0 Å². The van der Waals surface area contributed by atoms with Crippen LogP contribution in [0.25, 0.3) is 0 Å². The zero-order valence-corrected chi connectivity index (χ0v) is 11.4. The highest BCUT2D eigenvalue weighted by molar-refractivity contribution is 5.77. The van der Waals surface area contributed by atoms with Gasteiger partial charge in [-0.2, -0.15) is 0 Å². The Morgan fingerprint density at radius 1 is 1.47 bits per heavy atom. The molecule has 1 unspecified atom stereocenters. The van der Waals surface area contributed by atoms with E-state index in [1.54, 1.807) is 6.07 Å². The van der Waals surface area contributed by atoms with Crippen LogP contribution in [0.3, 0.4) is 0 Å². The lowest BCUT2D eigenvalue weighted by Crippen LogP contribution is -2.28. The van der Waals surface area contributed by atoms with Crippen molar-refractivity contribution in [3.05, 3.63) is 29.6 Å². The number of carbonyl (C=O) groups excluding carboxylic acids is 1. The maximum atomic E-state index is 13.7. The quantitative estimate of drug-likeness (QED) is 0.790. The van der Waals surface area contributed by atoms with Crippen LogP contribution in [-0.2, 0) is 11.2 Å². The SMILES string of the molecule is CCNC(=O)COc1ccc(CC(N)CC)cc1F. The highest BCUT2D eigenvalue weighted by atomic mass is 19.1. The van der Waals surface area contributed by atoms with Crippen LogP contribution in [0.2, 0.25) is 0 Å². The van der Waals surface area contributed by atoms with E-state index in [2.05, 4.69) is 5.32 Å². The molecule has 0 radical (unpaired) electrons. The summed E-state index contributed by atoms with van der Waals surface area (Å²) in [4.78, 5) is 11.2. The van der Waals surface area contributed by atoms with Gasteiger partial charge in [-0.25, -0.2) is 4.39 Å². The van der Waals surface area contributed by atoms with E-state index in [0.29, 0.717) is 13.0 Å². The van der Waals surface area contributed by atoms with Crippen LogP contribution in [-0.4, -0.2) is 25.1 Å². The van der Waals surface area contributed by atoms with E-state index in [0.717, 1.165) is 12.0 Å². The van der Waals surface area contributed by atoms with Crippen molar-refractivity contribution in [1.82, 2.24) is 5.32 Å². The van der Waals surface area contributed by atoms with Gasteiger partial charge in [0.05, 0.1) is 0 Å². The maximum absolute atomic E-state index is 13.7. The van der Waals surface area contributed by atoms with Gasteiger partial charge < -0.3 is 15.8 Å². The fraction of sp³-hybridized carbons (Fsp3) is 0.500. The van der Waals surface area contributed by atoms with Gasteiger partial charge in [0.2, 0.25) is 0 Å². The second kappa shape index (κ2) is 7.74. The van der Waals surface area contributed by atoms with Gasteiger partial charge in [0.1, 0.15) is 0 Å². The van der Waals surface area contributed by atoms with Crippen molar-refractivity contribution in [3.63, 3.8) is 0 Å². The zero-order valence-electron chi connectivity index (χ0n) is 11.4. The third kappa shape index (κ3) is 5.26. The van der Waals surface area contributed by atoms with Gasteiger partial charge in [0.15, 0.2) is 18.2 Å². The molecule has 1 amide bonds. The third-order valence-corrected chi connectivity index (χ3v) is 2.75. The molecular weight excluding hydrogens is 247 g/mol. The fourth-order valence-corrected chi connectivity index (χ4v) is 1.63. The Bertz CT molecular complexity index is 424. The van der Waals surface area contributed by atoms with Gasteiger partial charge >= 0.3 is 0 Å². The van der Waals surface area contributed by atoms with E-state index in [4.69, 9.17) is 10.5 Å². The van der Waals surface area contributed by atoms with Crippen LogP contribution in [0.5, 0.6) is 5.75 Å². The van der Waals surface area contributed by atoms with E-state index in [9.17, 15) is 9.18 Å². The lowest BCUT2D eigenvalue weighted by molar-refractivity contribution is -0.123. The first-order valence-electron chi connectivity index (χ1n) is 6.50. The Morgan fingerprint density at radius 2 is 2.21 bits per heavy atom. The molecule has 0 aliphatic heterocycles. The van der Waals surface area contributed by atoms with E-state index < -0.39 is 5.82 Å². The Morgan fingerprint density at radius 3 is 2.79 bits per heavy atom. The number of carbonyl (C=O) groups is 1.